The Morgan fingerprint density at radius 1 is 1.56 bits per heavy atom. The largest absolute Gasteiger partial charge is 0.367 e. The zero-order chi connectivity index (χ0) is 13.5. The Labute approximate surface area is 110 Å². The van der Waals surface area contributed by atoms with E-state index >= 15 is 0 Å². The number of hydrazine groups is 1. The first-order chi connectivity index (χ1) is 8.56. The molecule has 1 heterocycles. The van der Waals surface area contributed by atoms with Crippen molar-refractivity contribution in [1.29, 1.82) is 0 Å². The summed E-state index contributed by atoms with van der Waals surface area (Å²) in [5.74, 6) is 7.88. The number of pyridine rings is 1. The van der Waals surface area contributed by atoms with Gasteiger partial charge in [-0.3, -0.25) is 10.1 Å². The predicted molar refractivity (Wildman–Crippen MR) is 74.8 cm³/mol. The SMILES string of the molecule is CCSCC(C)Nc1cc([N+](=O)[O-])cc(NN)n1. The van der Waals surface area contributed by atoms with E-state index in [1.165, 1.54) is 12.1 Å². The molecule has 0 radical (unpaired) electrons. The van der Waals surface area contributed by atoms with Crippen LogP contribution in [0.2, 0.25) is 0 Å². The number of hydrogen-bond donors (Lipinski definition) is 3. The van der Waals surface area contributed by atoms with Crippen molar-refractivity contribution < 1.29 is 4.92 Å². The van der Waals surface area contributed by atoms with E-state index in [4.69, 9.17) is 5.84 Å². The number of nitrogens with one attached hydrogen (secondary N) is 2. The van der Waals surface area contributed by atoms with Crippen molar-refractivity contribution in [3.63, 3.8) is 0 Å². The molecule has 7 nitrogen and oxygen atoms in total. The zero-order valence-corrected chi connectivity index (χ0v) is 11.2. The first-order valence-corrected chi connectivity index (χ1v) is 6.69. The van der Waals surface area contributed by atoms with Gasteiger partial charge in [-0.15, -0.1) is 0 Å². The molecule has 18 heavy (non-hydrogen) atoms. The van der Waals surface area contributed by atoms with Crippen LogP contribution in [0.15, 0.2) is 12.1 Å². The summed E-state index contributed by atoms with van der Waals surface area (Å²) in [6.45, 7) is 4.08. The summed E-state index contributed by atoms with van der Waals surface area (Å²) in [5, 5.41) is 13.9. The van der Waals surface area contributed by atoms with Crippen molar-refractivity contribution in [3.05, 3.63) is 22.2 Å². The smallest absolute Gasteiger partial charge is 0.276 e. The minimum Gasteiger partial charge on any atom is -0.367 e. The average molecular weight is 271 g/mol. The van der Waals surface area contributed by atoms with E-state index in [1.54, 1.807) is 11.8 Å². The van der Waals surface area contributed by atoms with E-state index in [9.17, 15) is 10.1 Å². The van der Waals surface area contributed by atoms with Gasteiger partial charge in [0.1, 0.15) is 11.6 Å². The van der Waals surface area contributed by atoms with Gasteiger partial charge < -0.3 is 10.7 Å². The Hall–Kier alpha value is -1.54. The average Bonchev–Trinajstić information content (AvgIpc) is 2.35. The normalized spacial score (nSPS) is 11.9. The topological polar surface area (TPSA) is 106 Å². The van der Waals surface area contributed by atoms with Crippen LogP contribution in [0.3, 0.4) is 0 Å². The van der Waals surface area contributed by atoms with E-state index in [2.05, 4.69) is 22.7 Å². The molecule has 1 rings (SSSR count). The van der Waals surface area contributed by atoms with E-state index in [0.717, 1.165) is 11.5 Å². The van der Waals surface area contributed by atoms with Gasteiger partial charge >= 0.3 is 0 Å². The van der Waals surface area contributed by atoms with Crippen LogP contribution in [0.1, 0.15) is 13.8 Å². The number of thioether (sulfide) groups is 1. The van der Waals surface area contributed by atoms with Gasteiger partial charge in [0.2, 0.25) is 0 Å². The summed E-state index contributed by atoms with van der Waals surface area (Å²) in [6, 6.07) is 2.86. The molecule has 0 aliphatic carbocycles. The van der Waals surface area contributed by atoms with Crippen molar-refractivity contribution >= 4 is 29.1 Å². The number of nitrogens with zero attached hydrogens (tertiary/aromatic N) is 2. The summed E-state index contributed by atoms with van der Waals surface area (Å²) >= 11 is 1.79. The van der Waals surface area contributed by atoms with E-state index in [1.807, 2.05) is 6.92 Å². The fourth-order valence-corrected chi connectivity index (χ4v) is 2.03. The molecular weight excluding hydrogens is 254 g/mol. The number of nitrogens with two attached hydrogens (primary N) is 1. The number of aromatic nitrogens is 1. The summed E-state index contributed by atoms with van der Waals surface area (Å²) in [5.41, 5.74) is 2.27. The first kappa shape index (κ1) is 14.5. The fraction of sp³-hybridized carbons (Fsp3) is 0.500. The standard InChI is InChI=1S/C10H17N5O2S/c1-3-18-6-7(2)12-9-4-8(15(16)17)5-10(13-9)14-11/h4-5,7H,3,6,11H2,1-2H3,(H2,12,13,14). The van der Waals surface area contributed by atoms with Crippen molar-refractivity contribution in [2.45, 2.75) is 19.9 Å². The lowest BCUT2D eigenvalue weighted by molar-refractivity contribution is -0.384. The van der Waals surface area contributed by atoms with Crippen molar-refractivity contribution in [2.24, 2.45) is 5.84 Å². The number of nitrogen functional groups attached to an aromatic ring is 1. The maximum absolute atomic E-state index is 10.8. The molecule has 0 aromatic carbocycles. The van der Waals surface area contributed by atoms with Gasteiger partial charge in [0.25, 0.3) is 5.69 Å². The van der Waals surface area contributed by atoms with Crippen LogP contribution in [0, 0.1) is 10.1 Å². The van der Waals surface area contributed by atoms with Crippen LogP contribution in [-0.2, 0) is 0 Å². The molecule has 8 heteroatoms. The van der Waals surface area contributed by atoms with Crippen molar-refractivity contribution in [2.75, 3.05) is 22.2 Å². The Bertz CT molecular complexity index is 415. The minimum absolute atomic E-state index is 0.0456. The molecule has 1 atom stereocenters. The predicted octanol–water partition coefficient (Wildman–Crippen LogP) is 1.83. The van der Waals surface area contributed by atoms with Crippen molar-refractivity contribution in [3.8, 4) is 0 Å². The zero-order valence-electron chi connectivity index (χ0n) is 10.3. The first-order valence-electron chi connectivity index (χ1n) is 5.54. The van der Waals surface area contributed by atoms with Gasteiger partial charge in [0.05, 0.1) is 17.1 Å². The number of hydrogen-bond acceptors (Lipinski definition) is 7. The molecule has 1 aromatic rings. The molecular formula is C10H17N5O2S. The second-order valence-electron chi connectivity index (χ2n) is 3.70. The van der Waals surface area contributed by atoms with E-state index in [-0.39, 0.29) is 17.5 Å². The second-order valence-corrected chi connectivity index (χ2v) is 5.02. The van der Waals surface area contributed by atoms with Crippen molar-refractivity contribution in [1.82, 2.24) is 4.98 Å². The molecule has 0 aliphatic heterocycles. The highest BCUT2D eigenvalue weighted by molar-refractivity contribution is 7.99. The van der Waals surface area contributed by atoms with Crippen LogP contribution in [0.25, 0.3) is 0 Å². The molecule has 1 aromatic heterocycles. The number of anilines is 2. The van der Waals surface area contributed by atoms with Gasteiger partial charge in [-0.2, -0.15) is 11.8 Å². The molecule has 0 fully saturated rings. The van der Waals surface area contributed by atoms with E-state index < -0.39 is 4.92 Å². The molecule has 0 saturated carbocycles. The highest BCUT2D eigenvalue weighted by Gasteiger charge is 2.12. The summed E-state index contributed by atoms with van der Waals surface area (Å²) < 4.78 is 0. The van der Waals surface area contributed by atoms with Crippen LogP contribution in [-0.4, -0.2) is 27.5 Å². The maximum atomic E-state index is 10.8. The molecule has 4 N–H and O–H groups in total. The highest BCUT2D eigenvalue weighted by Crippen LogP contribution is 2.20. The third kappa shape index (κ3) is 4.38. The molecule has 0 saturated heterocycles. The second kappa shape index (κ2) is 7.02. The Morgan fingerprint density at radius 3 is 2.78 bits per heavy atom. The lowest BCUT2D eigenvalue weighted by Crippen LogP contribution is -2.19. The molecule has 0 spiro atoms. The molecule has 1 unspecified atom stereocenters. The third-order valence-corrected chi connectivity index (χ3v) is 3.28. The van der Waals surface area contributed by atoms with Crippen LogP contribution >= 0.6 is 11.8 Å². The fourth-order valence-electron chi connectivity index (χ4n) is 1.36. The van der Waals surface area contributed by atoms with Gasteiger partial charge in [-0.05, 0) is 12.7 Å². The molecule has 0 amide bonds. The number of rotatable bonds is 7. The third-order valence-electron chi connectivity index (χ3n) is 2.14. The minimum atomic E-state index is -0.473. The lowest BCUT2D eigenvalue weighted by Gasteiger charge is -2.14. The Morgan fingerprint density at radius 2 is 2.22 bits per heavy atom. The Balaban J connectivity index is 2.81. The summed E-state index contributed by atoms with van der Waals surface area (Å²) in [6.07, 6.45) is 0. The van der Waals surface area contributed by atoms with Crippen LogP contribution in [0.4, 0.5) is 17.3 Å². The molecule has 0 aliphatic rings. The summed E-state index contributed by atoms with van der Waals surface area (Å²) in [4.78, 5) is 14.4. The lowest BCUT2D eigenvalue weighted by atomic mass is 10.3. The van der Waals surface area contributed by atoms with Gasteiger partial charge in [0.15, 0.2) is 0 Å². The maximum Gasteiger partial charge on any atom is 0.276 e. The summed E-state index contributed by atoms with van der Waals surface area (Å²) in [7, 11) is 0. The van der Waals surface area contributed by atoms with Gasteiger partial charge in [-0.25, -0.2) is 10.8 Å². The highest BCUT2D eigenvalue weighted by atomic mass is 32.2. The number of nitro groups is 1. The molecule has 100 valence electrons. The van der Waals surface area contributed by atoms with E-state index in [0.29, 0.717) is 5.82 Å². The Kier molecular flexibility index (Phi) is 5.66. The van der Waals surface area contributed by atoms with Crippen LogP contribution < -0.4 is 16.6 Å². The monoisotopic (exact) mass is 271 g/mol. The molecule has 0 bridgehead atoms. The quantitative estimate of drug-likeness (QED) is 0.394. The van der Waals surface area contributed by atoms with Gasteiger partial charge in [-0.1, -0.05) is 6.92 Å². The van der Waals surface area contributed by atoms with Crippen LogP contribution in [0.5, 0.6) is 0 Å². The van der Waals surface area contributed by atoms with Gasteiger partial charge in [0, 0.05) is 11.8 Å².